The molecule has 1 nitrogen and oxygen atoms in total. The van der Waals surface area contributed by atoms with Crippen LogP contribution in [0.1, 0.15) is 29.2 Å². The van der Waals surface area contributed by atoms with Gasteiger partial charge in [0, 0.05) is 12.0 Å². The molecular formula is C17H16O. The molecule has 1 N–H and O–H groups in total. The van der Waals surface area contributed by atoms with Gasteiger partial charge in [-0.1, -0.05) is 43.2 Å². The topological polar surface area (TPSA) is 20.2 Å². The highest BCUT2D eigenvalue weighted by molar-refractivity contribution is 5.45. The molecule has 18 heavy (non-hydrogen) atoms. The van der Waals surface area contributed by atoms with Crippen molar-refractivity contribution in [1.29, 1.82) is 0 Å². The van der Waals surface area contributed by atoms with Crippen molar-refractivity contribution in [3.8, 4) is 18.1 Å². The number of hydrogen-bond donors (Lipinski definition) is 1. The van der Waals surface area contributed by atoms with E-state index in [0.29, 0.717) is 5.56 Å². The van der Waals surface area contributed by atoms with Crippen molar-refractivity contribution in [2.24, 2.45) is 0 Å². The van der Waals surface area contributed by atoms with Gasteiger partial charge in [0.15, 0.2) is 0 Å². The Kier molecular flexibility index (Phi) is 3.69. The predicted molar refractivity (Wildman–Crippen MR) is 74.7 cm³/mol. The summed E-state index contributed by atoms with van der Waals surface area (Å²) in [5.41, 5.74) is 4.19. The second-order valence-corrected chi connectivity index (χ2v) is 4.29. The average Bonchev–Trinajstić information content (AvgIpc) is 2.41. The zero-order chi connectivity index (χ0) is 13.0. The molecule has 0 fully saturated rings. The van der Waals surface area contributed by atoms with Crippen LogP contribution in [0.5, 0.6) is 5.75 Å². The molecule has 0 bridgehead atoms. The van der Waals surface area contributed by atoms with E-state index in [1.807, 2.05) is 24.3 Å². The molecule has 0 spiro atoms. The Balaban J connectivity index is 2.32. The number of aromatic hydroxyl groups is 1. The first-order chi connectivity index (χ1) is 8.74. The van der Waals surface area contributed by atoms with E-state index in [-0.39, 0.29) is 5.75 Å². The molecule has 0 heterocycles. The summed E-state index contributed by atoms with van der Waals surface area (Å²) in [6, 6.07) is 13.7. The maximum Gasteiger partial charge on any atom is 0.120 e. The highest BCUT2D eigenvalue weighted by Crippen LogP contribution is 2.23. The fourth-order valence-corrected chi connectivity index (χ4v) is 2.08. The Morgan fingerprint density at radius 1 is 1.06 bits per heavy atom. The Bertz CT molecular complexity index is 591. The molecular weight excluding hydrogens is 220 g/mol. The van der Waals surface area contributed by atoms with E-state index in [0.717, 1.165) is 18.4 Å². The molecule has 0 atom stereocenters. The number of terminal acetylenes is 1. The second kappa shape index (κ2) is 5.42. The SMILES string of the molecule is C#Cc1ccc(Cc2ccccc2CC)c(O)c1. The van der Waals surface area contributed by atoms with Gasteiger partial charge in [-0.15, -0.1) is 6.42 Å². The van der Waals surface area contributed by atoms with E-state index in [1.54, 1.807) is 6.07 Å². The van der Waals surface area contributed by atoms with Crippen molar-refractivity contribution in [3.63, 3.8) is 0 Å². The highest BCUT2D eigenvalue weighted by Gasteiger charge is 2.06. The van der Waals surface area contributed by atoms with E-state index < -0.39 is 0 Å². The second-order valence-electron chi connectivity index (χ2n) is 4.29. The first-order valence-electron chi connectivity index (χ1n) is 6.10. The number of benzene rings is 2. The third kappa shape index (κ3) is 2.55. The summed E-state index contributed by atoms with van der Waals surface area (Å²) in [6.45, 7) is 2.14. The number of phenols is 1. The molecule has 2 rings (SSSR count). The molecule has 2 aromatic rings. The molecule has 90 valence electrons. The Hall–Kier alpha value is -2.20. The minimum atomic E-state index is 0.274. The quantitative estimate of drug-likeness (QED) is 0.808. The van der Waals surface area contributed by atoms with E-state index >= 15 is 0 Å². The summed E-state index contributed by atoms with van der Waals surface area (Å²) >= 11 is 0. The van der Waals surface area contributed by atoms with Gasteiger partial charge in [-0.3, -0.25) is 0 Å². The maximum atomic E-state index is 9.95. The van der Waals surface area contributed by atoms with Gasteiger partial charge in [0.05, 0.1) is 0 Å². The van der Waals surface area contributed by atoms with Gasteiger partial charge >= 0.3 is 0 Å². The molecule has 0 amide bonds. The standard InChI is InChI=1S/C17H16O/c1-3-13-9-10-16(17(18)11-13)12-15-8-6-5-7-14(15)4-2/h1,5-11,18H,4,12H2,2H3. The zero-order valence-electron chi connectivity index (χ0n) is 10.5. The fourth-order valence-electron chi connectivity index (χ4n) is 2.08. The average molecular weight is 236 g/mol. The molecule has 0 aliphatic carbocycles. The number of phenolic OH excluding ortho intramolecular Hbond substituents is 1. The van der Waals surface area contributed by atoms with Gasteiger partial charge in [-0.05, 0) is 35.2 Å². The Morgan fingerprint density at radius 2 is 1.78 bits per heavy atom. The van der Waals surface area contributed by atoms with Crippen molar-refractivity contribution in [3.05, 3.63) is 64.7 Å². The Morgan fingerprint density at radius 3 is 2.39 bits per heavy atom. The summed E-state index contributed by atoms with van der Waals surface area (Å²) in [4.78, 5) is 0. The Labute approximate surface area is 108 Å². The summed E-state index contributed by atoms with van der Waals surface area (Å²) < 4.78 is 0. The summed E-state index contributed by atoms with van der Waals surface area (Å²) in [7, 11) is 0. The lowest BCUT2D eigenvalue weighted by atomic mass is 9.97. The van der Waals surface area contributed by atoms with Gasteiger partial charge in [0.2, 0.25) is 0 Å². The molecule has 0 unspecified atom stereocenters. The summed E-state index contributed by atoms with van der Waals surface area (Å²) in [5, 5.41) is 9.95. The van der Waals surface area contributed by atoms with Crippen LogP contribution in [0.2, 0.25) is 0 Å². The lowest BCUT2D eigenvalue weighted by molar-refractivity contribution is 0.469. The van der Waals surface area contributed by atoms with Crippen molar-refractivity contribution in [2.75, 3.05) is 0 Å². The van der Waals surface area contributed by atoms with Crippen LogP contribution in [0.25, 0.3) is 0 Å². The van der Waals surface area contributed by atoms with Crippen LogP contribution in [0.3, 0.4) is 0 Å². The van der Waals surface area contributed by atoms with Gasteiger partial charge < -0.3 is 5.11 Å². The molecule has 0 aliphatic heterocycles. The summed E-state index contributed by atoms with van der Waals surface area (Å²) in [6.07, 6.45) is 7.04. The normalized spacial score (nSPS) is 10.0. The monoisotopic (exact) mass is 236 g/mol. The van der Waals surface area contributed by atoms with E-state index in [9.17, 15) is 5.11 Å². The number of rotatable bonds is 3. The van der Waals surface area contributed by atoms with Gasteiger partial charge in [-0.25, -0.2) is 0 Å². The van der Waals surface area contributed by atoms with Crippen molar-refractivity contribution in [1.82, 2.24) is 0 Å². The van der Waals surface area contributed by atoms with Crippen LogP contribution in [0.15, 0.2) is 42.5 Å². The van der Waals surface area contributed by atoms with Crippen LogP contribution >= 0.6 is 0 Å². The van der Waals surface area contributed by atoms with Crippen molar-refractivity contribution < 1.29 is 5.11 Å². The van der Waals surface area contributed by atoms with Gasteiger partial charge in [0.1, 0.15) is 5.75 Å². The third-order valence-electron chi connectivity index (χ3n) is 3.13. The van der Waals surface area contributed by atoms with Crippen LogP contribution < -0.4 is 0 Å². The predicted octanol–water partition coefficient (Wildman–Crippen LogP) is 3.53. The smallest absolute Gasteiger partial charge is 0.120 e. The van der Waals surface area contributed by atoms with E-state index in [2.05, 4.69) is 25.0 Å². The first-order valence-corrected chi connectivity index (χ1v) is 6.10. The maximum absolute atomic E-state index is 9.95. The van der Waals surface area contributed by atoms with Crippen LogP contribution in [-0.2, 0) is 12.8 Å². The van der Waals surface area contributed by atoms with Crippen molar-refractivity contribution >= 4 is 0 Å². The van der Waals surface area contributed by atoms with Gasteiger partial charge in [-0.2, -0.15) is 0 Å². The highest BCUT2D eigenvalue weighted by atomic mass is 16.3. The molecule has 2 aromatic carbocycles. The van der Waals surface area contributed by atoms with Crippen LogP contribution in [0, 0.1) is 12.3 Å². The number of hydrogen-bond acceptors (Lipinski definition) is 1. The summed E-state index contributed by atoms with van der Waals surface area (Å²) in [5.74, 6) is 2.80. The van der Waals surface area contributed by atoms with E-state index in [4.69, 9.17) is 6.42 Å². The molecule has 0 saturated heterocycles. The van der Waals surface area contributed by atoms with Crippen LogP contribution in [0.4, 0.5) is 0 Å². The van der Waals surface area contributed by atoms with Crippen LogP contribution in [-0.4, -0.2) is 5.11 Å². The first kappa shape index (κ1) is 12.3. The van der Waals surface area contributed by atoms with Crippen molar-refractivity contribution in [2.45, 2.75) is 19.8 Å². The molecule has 0 aliphatic rings. The molecule has 0 saturated carbocycles. The third-order valence-corrected chi connectivity index (χ3v) is 3.13. The van der Waals surface area contributed by atoms with Gasteiger partial charge in [0.25, 0.3) is 0 Å². The molecule has 0 aromatic heterocycles. The molecule has 1 heteroatoms. The largest absolute Gasteiger partial charge is 0.508 e. The van der Waals surface area contributed by atoms with E-state index in [1.165, 1.54) is 11.1 Å². The minimum absolute atomic E-state index is 0.274. The minimum Gasteiger partial charge on any atom is -0.508 e. The lowest BCUT2D eigenvalue weighted by Crippen LogP contribution is -1.95. The lowest BCUT2D eigenvalue weighted by Gasteiger charge is -2.09. The number of aryl methyl sites for hydroxylation is 1. The zero-order valence-corrected chi connectivity index (χ0v) is 10.5. The fraction of sp³-hybridized carbons (Fsp3) is 0.176. The molecule has 0 radical (unpaired) electrons.